The Morgan fingerprint density at radius 3 is 2.67 bits per heavy atom. The minimum Gasteiger partial charge on any atom is -0.439 e. The number of non-ortho nitro benzene ring substituents is 1. The van der Waals surface area contributed by atoms with E-state index in [0.29, 0.717) is 11.6 Å². The summed E-state index contributed by atoms with van der Waals surface area (Å²) >= 11 is 0. The Balaban J connectivity index is 2.22. The van der Waals surface area contributed by atoms with E-state index in [1.54, 1.807) is 18.3 Å². The van der Waals surface area contributed by atoms with Gasteiger partial charge in [0.2, 0.25) is 5.88 Å². The molecular formula is C15H17N3O3. The van der Waals surface area contributed by atoms with E-state index in [9.17, 15) is 10.1 Å². The van der Waals surface area contributed by atoms with Crippen LogP contribution in [0.15, 0.2) is 36.5 Å². The van der Waals surface area contributed by atoms with Crippen molar-refractivity contribution >= 4 is 5.69 Å². The van der Waals surface area contributed by atoms with Crippen molar-refractivity contribution in [3.8, 4) is 11.6 Å². The summed E-state index contributed by atoms with van der Waals surface area (Å²) in [6.45, 7) is 3.86. The Bertz CT molecular complexity index is 641. The van der Waals surface area contributed by atoms with Crippen LogP contribution in [0, 0.1) is 17.0 Å². The maximum atomic E-state index is 10.8. The van der Waals surface area contributed by atoms with Gasteiger partial charge in [0.15, 0.2) is 0 Å². The van der Waals surface area contributed by atoms with Gasteiger partial charge in [0, 0.05) is 24.4 Å². The first-order chi connectivity index (χ1) is 10.0. The topological polar surface area (TPSA) is 77.3 Å². The molecule has 0 radical (unpaired) electrons. The molecule has 0 fully saturated rings. The van der Waals surface area contributed by atoms with Gasteiger partial charge in [0.25, 0.3) is 5.69 Å². The lowest BCUT2D eigenvalue weighted by molar-refractivity contribution is -0.384. The monoisotopic (exact) mass is 287 g/mol. The summed E-state index contributed by atoms with van der Waals surface area (Å²) in [6.07, 6.45) is 1.73. The first-order valence-electron chi connectivity index (χ1n) is 6.57. The highest BCUT2D eigenvalue weighted by molar-refractivity contribution is 5.45. The molecule has 6 nitrogen and oxygen atoms in total. The third-order valence-electron chi connectivity index (χ3n) is 3.29. The lowest BCUT2D eigenvalue weighted by atomic mass is 10.1. The molecule has 0 aliphatic rings. The molecule has 0 aliphatic heterocycles. The van der Waals surface area contributed by atoms with E-state index < -0.39 is 4.92 Å². The molecule has 1 N–H and O–H groups in total. The van der Waals surface area contributed by atoms with Crippen molar-refractivity contribution in [3.63, 3.8) is 0 Å². The number of nitrogens with zero attached hydrogens (tertiary/aromatic N) is 2. The van der Waals surface area contributed by atoms with Crippen molar-refractivity contribution in [2.45, 2.75) is 19.9 Å². The molecule has 1 unspecified atom stereocenters. The quantitative estimate of drug-likeness (QED) is 0.674. The fourth-order valence-corrected chi connectivity index (χ4v) is 1.80. The van der Waals surface area contributed by atoms with Crippen molar-refractivity contribution in [1.82, 2.24) is 10.3 Å². The number of nitro groups is 1. The van der Waals surface area contributed by atoms with Crippen molar-refractivity contribution in [2.75, 3.05) is 7.05 Å². The average Bonchev–Trinajstić information content (AvgIpc) is 2.49. The third kappa shape index (κ3) is 3.55. The Labute approximate surface area is 122 Å². The van der Waals surface area contributed by atoms with Crippen LogP contribution in [0.1, 0.15) is 24.1 Å². The molecule has 1 atom stereocenters. The number of benzene rings is 1. The van der Waals surface area contributed by atoms with Crippen LogP contribution in [0.5, 0.6) is 11.6 Å². The molecule has 2 aromatic rings. The summed E-state index contributed by atoms with van der Waals surface area (Å²) in [5.74, 6) is 0.844. The maximum absolute atomic E-state index is 10.8. The predicted octanol–water partition coefficient (Wildman–Crippen LogP) is 3.37. The van der Waals surface area contributed by atoms with Crippen molar-refractivity contribution < 1.29 is 9.66 Å². The average molecular weight is 287 g/mol. The van der Waals surface area contributed by atoms with Gasteiger partial charge in [-0.2, -0.15) is 0 Å². The van der Waals surface area contributed by atoms with Gasteiger partial charge in [0.05, 0.1) is 11.0 Å². The largest absolute Gasteiger partial charge is 0.439 e. The normalized spacial score (nSPS) is 12.0. The molecule has 21 heavy (non-hydrogen) atoms. The molecule has 0 saturated carbocycles. The summed E-state index contributed by atoms with van der Waals surface area (Å²) in [7, 11) is 1.88. The lowest BCUT2D eigenvalue weighted by Gasteiger charge is -2.11. The molecule has 0 saturated heterocycles. The van der Waals surface area contributed by atoms with Gasteiger partial charge in [-0.1, -0.05) is 6.07 Å². The number of aryl methyl sites for hydroxylation is 1. The molecule has 2 rings (SSSR count). The standard InChI is InChI=1S/C15H17N3O3/c1-10-4-6-13(18(19)20)8-14(10)21-15-7-5-12(9-17-15)11(2)16-3/h4-9,11,16H,1-3H3. The Hall–Kier alpha value is -2.47. The van der Waals surface area contributed by atoms with E-state index in [1.165, 1.54) is 12.1 Å². The molecule has 0 amide bonds. The van der Waals surface area contributed by atoms with Gasteiger partial charge in [-0.15, -0.1) is 0 Å². The third-order valence-corrected chi connectivity index (χ3v) is 3.29. The molecule has 1 aromatic carbocycles. The van der Waals surface area contributed by atoms with E-state index in [1.807, 2.05) is 27.0 Å². The van der Waals surface area contributed by atoms with Gasteiger partial charge in [-0.25, -0.2) is 4.98 Å². The van der Waals surface area contributed by atoms with Gasteiger partial charge >= 0.3 is 0 Å². The second kappa shape index (κ2) is 6.32. The number of hydrogen-bond donors (Lipinski definition) is 1. The Morgan fingerprint density at radius 1 is 1.33 bits per heavy atom. The van der Waals surface area contributed by atoms with Gasteiger partial charge in [-0.05, 0) is 38.1 Å². The van der Waals surface area contributed by atoms with Crippen LogP contribution >= 0.6 is 0 Å². The number of nitrogens with one attached hydrogen (secondary N) is 1. The van der Waals surface area contributed by atoms with Crippen LogP contribution in [-0.4, -0.2) is 17.0 Å². The van der Waals surface area contributed by atoms with Crippen molar-refractivity contribution in [1.29, 1.82) is 0 Å². The molecular weight excluding hydrogens is 270 g/mol. The van der Waals surface area contributed by atoms with Gasteiger partial charge in [0.1, 0.15) is 5.75 Å². The summed E-state index contributed by atoms with van der Waals surface area (Å²) < 4.78 is 5.63. The van der Waals surface area contributed by atoms with E-state index in [2.05, 4.69) is 10.3 Å². The van der Waals surface area contributed by atoms with E-state index >= 15 is 0 Å². The molecule has 0 bridgehead atoms. The van der Waals surface area contributed by atoms with Crippen molar-refractivity contribution in [2.24, 2.45) is 0 Å². The van der Waals surface area contributed by atoms with Gasteiger partial charge in [-0.3, -0.25) is 10.1 Å². The Morgan fingerprint density at radius 2 is 2.10 bits per heavy atom. The zero-order valence-corrected chi connectivity index (χ0v) is 12.2. The molecule has 6 heteroatoms. The number of ether oxygens (including phenoxy) is 1. The summed E-state index contributed by atoms with van der Waals surface area (Å²) in [6, 6.07) is 8.38. The smallest absolute Gasteiger partial charge is 0.273 e. The molecule has 1 aromatic heterocycles. The maximum Gasteiger partial charge on any atom is 0.273 e. The second-order valence-corrected chi connectivity index (χ2v) is 4.75. The number of rotatable bonds is 5. The van der Waals surface area contributed by atoms with Crippen LogP contribution in [0.2, 0.25) is 0 Å². The lowest BCUT2D eigenvalue weighted by Crippen LogP contribution is -2.12. The first kappa shape index (κ1) is 14.9. The highest BCUT2D eigenvalue weighted by Gasteiger charge is 2.11. The SMILES string of the molecule is CNC(C)c1ccc(Oc2cc([N+](=O)[O-])ccc2C)nc1. The van der Waals surface area contributed by atoms with Crippen LogP contribution in [0.3, 0.4) is 0 Å². The Kier molecular flexibility index (Phi) is 4.49. The van der Waals surface area contributed by atoms with Gasteiger partial charge < -0.3 is 10.1 Å². The fraction of sp³-hybridized carbons (Fsp3) is 0.267. The van der Waals surface area contributed by atoms with Crippen LogP contribution in [0.4, 0.5) is 5.69 Å². The number of pyridine rings is 1. The van der Waals surface area contributed by atoms with E-state index in [4.69, 9.17) is 4.74 Å². The fourth-order valence-electron chi connectivity index (χ4n) is 1.80. The molecule has 0 aliphatic carbocycles. The molecule has 110 valence electrons. The highest BCUT2D eigenvalue weighted by Crippen LogP contribution is 2.28. The number of aromatic nitrogens is 1. The van der Waals surface area contributed by atoms with Crippen LogP contribution in [0.25, 0.3) is 0 Å². The van der Waals surface area contributed by atoms with Crippen LogP contribution < -0.4 is 10.1 Å². The minimum atomic E-state index is -0.447. The van der Waals surface area contributed by atoms with Crippen molar-refractivity contribution in [3.05, 3.63) is 57.8 Å². The second-order valence-electron chi connectivity index (χ2n) is 4.75. The molecule has 1 heterocycles. The number of nitro benzene ring substituents is 1. The summed E-state index contributed by atoms with van der Waals surface area (Å²) in [4.78, 5) is 14.6. The minimum absolute atomic E-state index is 0.00368. The van der Waals surface area contributed by atoms with E-state index in [0.717, 1.165) is 11.1 Å². The highest BCUT2D eigenvalue weighted by atomic mass is 16.6. The summed E-state index contributed by atoms with van der Waals surface area (Å²) in [5, 5.41) is 13.9. The summed E-state index contributed by atoms with van der Waals surface area (Å²) in [5.41, 5.74) is 1.85. The number of hydrogen-bond acceptors (Lipinski definition) is 5. The zero-order chi connectivity index (χ0) is 15.4. The van der Waals surface area contributed by atoms with Crippen LogP contribution in [-0.2, 0) is 0 Å². The predicted molar refractivity (Wildman–Crippen MR) is 79.6 cm³/mol. The zero-order valence-electron chi connectivity index (χ0n) is 12.2. The van der Waals surface area contributed by atoms with E-state index in [-0.39, 0.29) is 11.7 Å². The first-order valence-corrected chi connectivity index (χ1v) is 6.57. The molecule has 0 spiro atoms.